The second-order valence-corrected chi connectivity index (χ2v) is 13.1. The lowest BCUT2D eigenvalue weighted by molar-refractivity contribution is -0.117. The molecule has 4 aromatic rings. The molecule has 3 aromatic carbocycles. The number of benzene rings is 3. The van der Waals surface area contributed by atoms with Gasteiger partial charge in [-0.15, -0.1) is 0 Å². The standard InChI is InChI=1S/C30H34ClN5O5.C7H5ClO2/c1-30(2,3)41-29(39)36-15-12-20(13-16-36)17-27(37)35-26-19-23(11-14-32-26)40-22-9-10-25(24(31)18-22)34-28(38)33-21-7-5-4-6-8-21;8-7(9)10-6-4-2-1-3-5-6/h4-11,14,18-20H,12-13,15-17H2,1-3H3,(H,32,35,37)(H2,33,34,38);1-5H. The number of carbonyl (C=O) groups excluding carboxylic acids is 4. The van der Waals surface area contributed by atoms with Crippen molar-refractivity contribution in [2.24, 2.45) is 5.92 Å². The first-order valence-corrected chi connectivity index (χ1v) is 16.9. The number of aromatic nitrogens is 1. The van der Waals surface area contributed by atoms with E-state index in [4.69, 9.17) is 32.7 Å². The van der Waals surface area contributed by atoms with Gasteiger partial charge >= 0.3 is 17.6 Å². The summed E-state index contributed by atoms with van der Waals surface area (Å²) in [7, 11) is 0. The van der Waals surface area contributed by atoms with Crippen LogP contribution < -0.4 is 25.4 Å². The second kappa shape index (κ2) is 18.6. The Hall–Kier alpha value is -5.33. The fourth-order valence-corrected chi connectivity index (χ4v) is 5.14. The number of nitrogens with one attached hydrogen (secondary N) is 3. The number of para-hydroxylation sites is 2. The molecule has 0 unspecified atom stereocenters. The van der Waals surface area contributed by atoms with Gasteiger partial charge in [-0.1, -0.05) is 48.0 Å². The van der Waals surface area contributed by atoms with E-state index in [0.717, 1.165) is 12.8 Å². The molecule has 0 atom stereocenters. The predicted molar refractivity (Wildman–Crippen MR) is 197 cm³/mol. The van der Waals surface area contributed by atoms with Crippen molar-refractivity contribution in [2.45, 2.75) is 45.6 Å². The molecule has 268 valence electrons. The van der Waals surface area contributed by atoms with E-state index in [1.54, 1.807) is 71.6 Å². The molecule has 1 aliphatic heterocycles. The minimum Gasteiger partial charge on any atom is -0.457 e. The molecule has 0 spiro atoms. The molecule has 0 bridgehead atoms. The first kappa shape index (κ1) is 38.5. The van der Waals surface area contributed by atoms with Crippen molar-refractivity contribution in [3.8, 4) is 17.2 Å². The molecule has 0 saturated carbocycles. The lowest BCUT2D eigenvalue weighted by Crippen LogP contribution is -2.42. The van der Waals surface area contributed by atoms with Crippen LogP contribution >= 0.6 is 23.2 Å². The topological polar surface area (TPSA) is 148 Å². The minimum atomic E-state index is -0.814. The van der Waals surface area contributed by atoms with E-state index in [2.05, 4.69) is 25.7 Å². The van der Waals surface area contributed by atoms with Crippen molar-refractivity contribution < 1.29 is 33.4 Å². The van der Waals surface area contributed by atoms with Gasteiger partial charge in [-0.3, -0.25) is 4.79 Å². The van der Waals surface area contributed by atoms with Crippen LogP contribution in [-0.4, -0.2) is 52.0 Å². The summed E-state index contributed by atoms with van der Waals surface area (Å²) in [5.74, 6) is 1.74. The van der Waals surface area contributed by atoms with Crippen LogP contribution in [0.15, 0.2) is 97.2 Å². The monoisotopic (exact) mass is 735 g/mol. The van der Waals surface area contributed by atoms with Crippen LogP contribution in [0.4, 0.5) is 31.6 Å². The summed E-state index contributed by atoms with van der Waals surface area (Å²) < 4.78 is 15.9. The average molecular weight is 737 g/mol. The van der Waals surface area contributed by atoms with Crippen LogP contribution in [0.5, 0.6) is 17.2 Å². The van der Waals surface area contributed by atoms with Crippen molar-refractivity contribution in [3.63, 3.8) is 0 Å². The number of likely N-dealkylation sites (tertiary alicyclic amines) is 1. The number of amides is 4. The van der Waals surface area contributed by atoms with Crippen molar-refractivity contribution >= 4 is 63.9 Å². The summed E-state index contributed by atoms with van der Waals surface area (Å²) in [6.45, 7) is 6.64. The van der Waals surface area contributed by atoms with Crippen LogP contribution in [0.1, 0.15) is 40.0 Å². The molecule has 1 saturated heterocycles. The summed E-state index contributed by atoms with van der Waals surface area (Å²) in [4.78, 5) is 53.3. The van der Waals surface area contributed by atoms with Gasteiger partial charge < -0.3 is 35.1 Å². The number of nitrogens with zero attached hydrogens (tertiary/aromatic N) is 2. The van der Waals surface area contributed by atoms with E-state index >= 15 is 0 Å². The van der Waals surface area contributed by atoms with Gasteiger partial charge in [0.15, 0.2) is 0 Å². The van der Waals surface area contributed by atoms with E-state index < -0.39 is 17.1 Å². The second-order valence-electron chi connectivity index (χ2n) is 12.4. The third-order valence-electron chi connectivity index (χ3n) is 7.14. The highest BCUT2D eigenvalue weighted by molar-refractivity contribution is 6.61. The summed E-state index contributed by atoms with van der Waals surface area (Å²) in [5.41, 5.74) is -0.268. The zero-order chi connectivity index (χ0) is 36.8. The zero-order valence-electron chi connectivity index (χ0n) is 28.4. The van der Waals surface area contributed by atoms with Crippen LogP contribution in [-0.2, 0) is 9.53 Å². The van der Waals surface area contributed by atoms with Crippen molar-refractivity contribution in [3.05, 3.63) is 102 Å². The summed E-state index contributed by atoms with van der Waals surface area (Å²) >= 11 is 11.3. The third kappa shape index (κ3) is 13.8. The van der Waals surface area contributed by atoms with Gasteiger partial charge in [-0.05, 0) is 82.0 Å². The van der Waals surface area contributed by atoms with Gasteiger partial charge in [0.2, 0.25) is 5.91 Å². The first-order chi connectivity index (χ1) is 24.3. The summed E-state index contributed by atoms with van der Waals surface area (Å²) in [6.07, 6.45) is 3.00. The number of anilines is 3. The number of hydrogen-bond donors (Lipinski definition) is 3. The van der Waals surface area contributed by atoms with Gasteiger partial charge in [-0.2, -0.15) is 0 Å². The average Bonchev–Trinajstić information content (AvgIpc) is 3.07. The number of rotatable bonds is 8. The predicted octanol–water partition coefficient (Wildman–Crippen LogP) is 9.57. The molecule has 3 N–H and O–H groups in total. The Morgan fingerprint density at radius 2 is 1.47 bits per heavy atom. The normalized spacial score (nSPS) is 12.8. The van der Waals surface area contributed by atoms with Crippen LogP contribution in [0.25, 0.3) is 0 Å². The number of urea groups is 1. The van der Waals surface area contributed by atoms with Crippen molar-refractivity contribution in [1.29, 1.82) is 0 Å². The molecular weight excluding hydrogens is 697 g/mol. The Bertz CT molecular complexity index is 1780. The SMILES string of the molecule is CC(C)(C)OC(=O)N1CCC(CC(=O)Nc2cc(Oc3ccc(NC(=O)Nc4ccccc4)c(Cl)c3)ccn2)CC1.O=C(Cl)Oc1ccccc1. The molecule has 1 aliphatic rings. The Morgan fingerprint density at radius 1 is 0.824 bits per heavy atom. The molecule has 4 amide bonds. The maximum Gasteiger partial charge on any atom is 0.410 e. The van der Waals surface area contributed by atoms with E-state index in [9.17, 15) is 19.2 Å². The van der Waals surface area contributed by atoms with Crippen molar-refractivity contribution in [2.75, 3.05) is 29.0 Å². The van der Waals surface area contributed by atoms with Gasteiger partial charge in [0.1, 0.15) is 28.7 Å². The molecule has 0 radical (unpaired) electrons. The van der Waals surface area contributed by atoms with Crippen LogP contribution in [0.2, 0.25) is 5.02 Å². The smallest absolute Gasteiger partial charge is 0.410 e. The van der Waals surface area contributed by atoms with E-state index in [-0.39, 0.29) is 17.9 Å². The number of ether oxygens (including phenoxy) is 3. The number of pyridine rings is 1. The van der Waals surface area contributed by atoms with E-state index in [1.807, 2.05) is 45.0 Å². The van der Waals surface area contributed by atoms with Gasteiger partial charge in [0.05, 0.1) is 10.7 Å². The minimum absolute atomic E-state index is 0.155. The lowest BCUT2D eigenvalue weighted by atomic mass is 9.93. The number of carbonyl (C=O) groups is 4. The molecular formula is C37H39Cl2N5O7. The molecule has 1 fully saturated rings. The number of hydrogen-bond acceptors (Lipinski definition) is 8. The maximum absolute atomic E-state index is 12.7. The quantitative estimate of drug-likeness (QED) is 0.152. The van der Waals surface area contributed by atoms with E-state index in [1.165, 1.54) is 6.20 Å². The summed E-state index contributed by atoms with van der Waals surface area (Å²) in [5, 5.41) is 8.56. The molecule has 14 heteroatoms. The van der Waals surface area contributed by atoms with Gasteiger partial charge in [-0.25, -0.2) is 19.4 Å². The van der Waals surface area contributed by atoms with Gasteiger partial charge in [0.25, 0.3) is 0 Å². The van der Waals surface area contributed by atoms with Crippen LogP contribution in [0.3, 0.4) is 0 Å². The lowest BCUT2D eigenvalue weighted by Gasteiger charge is -2.33. The fraction of sp³-hybridized carbons (Fsp3) is 0.270. The van der Waals surface area contributed by atoms with Gasteiger partial charge in [0, 0.05) is 55.1 Å². The Morgan fingerprint density at radius 3 is 2.10 bits per heavy atom. The highest BCUT2D eigenvalue weighted by atomic mass is 35.5. The van der Waals surface area contributed by atoms with Crippen LogP contribution in [0, 0.1) is 5.92 Å². The molecule has 5 rings (SSSR count). The zero-order valence-corrected chi connectivity index (χ0v) is 29.9. The third-order valence-corrected chi connectivity index (χ3v) is 7.53. The summed E-state index contributed by atoms with van der Waals surface area (Å²) in [6, 6.07) is 25.5. The van der Waals surface area contributed by atoms with E-state index in [0.29, 0.717) is 59.0 Å². The Labute approximate surface area is 306 Å². The maximum atomic E-state index is 12.7. The molecule has 51 heavy (non-hydrogen) atoms. The highest BCUT2D eigenvalue weighted by Crippen LogP contribution is 2.31. The molecule has 2 heterocycles. The van der Waals surface area contributed by atoms with Crippen molar-refractivity contribution in [1.82, 2.24) is 9.88 Å². The highest BCUT2D eigenvalue weighted by Gasteiger charge is 2.28. The largest absolute Gasteiger partial charge is 0.457 e. The Kier molecular flexibility index (Phi) is 14.0. The first-order valence-electron chi connectivity index (χ1n) is 16.1. The fourth-order valence-electron chi connectivity index (χ4n) is 4.83. The molecule has 0 aliphatic carbocycles. The molecule has 1 aromatic heterocycles. The number of halogens is 2. The molecule has 12 nitrogen and oxygen atoms in total. The number of piperidine rings is 1. The Balaban J connectivity index is 0.000000502.